The minimum absolute atomic E-state index is 0.448. The van der Waals surface area contributed by atoms with Gasteiger partial charge in [-0.25, -0.2) is 0 Å². The summed E-state index contributed by atoms with van der Waals surface area (Å²) in [6.45, 7) is 2.67. The van der Waals surface area contributed by atoms with Gasteiger partial charge in [-0.05, 0) is 6.07 Å². The molecule has 2 rings (SSSR count). The Hall–Kier alpha value is -1.40. The van der Waals surface area contributed by atoms with E-state index in [9.17, 15) is 4.79 Å². The standard InChI is InChI=1S/C10H16N4O2/c1-13-4-2-8(12-13)7-14-5-3-11-6-9(14)10(15)16/h2,4,9,11H,3,5-7H2,1H3,(H,15,16). The van der Waals surface area contributed by atoms with Crippen LogP contribution in [-0.4, -0.2) is 51.4 Å². The lowest BCUT2D eigenvalue weighted by Crippen LogP contribution is -2.54. The molecule has 0 aromatic carbocycles. The highest BCUT2D eigenvalue weighted by Crippen LogP contribution is 2.08. The van der Waals surface area contributed by atoms with E-state index in [4.69, 9.17) is 5.11 Å². The Bertz CT molecular complexity index is 377. The fourth-order valence-electron chi connectivity index (χ4n) is 1.93. The highest BCUT2D eigenvalue weighted by Gasteiger charge is 2.28. The van der Waals surface area contributed by atoms with Gasteiger partial charge in [-0.2, -0.15) is 5.10 Å². The summed E-state index contributed by atoms with van der Waals surface area (Å²) < 4.78 is 1.73. The van der Waals surface area contributed by atoms with E-state index < -0.39 is 12.0 Å². The van der Waals surface area contributed by atoms with Gasteiger partial charge in [0.15, 0.2) is 0 Å². The molecule has 0 spiro atoms. The summed E-state index contributed by atoms with van der Waals surface area (Å²) in [6.07, 6.45) is 1.87. The number of nitrogens with one attached hydrogen (secondary N) is 1. The van der Waals surface area contributed by atoms with Crippen molar-refractivity contribution in [3.63, 3.8) is 0 Å². The van der Waals surface area contributed by atoms with Gasteiger partial charge in [0.25, 0.3) is 0 Å². The van der Waals surface area contributed by atoms with Gasteiger partial charge in [0.1, 0.15) is 6.04 Å². The number of carboxylic acids is 1. The molecule has 16 heavy (non-hydrogen) atoms. The molecule has 0 amide bonds. The number of carbonyl (C=O) groups is 1. The van der Waals surface area contributed by atoms with Gasteiger partial charge in [-0.3, -0.25) is 14.4 Å². The van der Waals surface area contributed by atoms with E-state index in [2.05, 4.69) is 10.4 Å². The van der Waals surface area contributed by atoms with Crippen LogP contribution in [0, 0.1) is 0 Å². The number of aromatic nitrogens is 2. The van der Waals surface area contributed by atoms with Crippen LogP contribution in [0.25, 0.3) is 0 Å². The van der Waals surface area contributed by atoms with E-state index in [1.165, 1.54) is 0 Å². The monoisotopic (exact) mass is 224 g/mol. The average Bonchev–Trinajstić information content (AvgIpc) is 2.64. The molecule has 6 heteroatoms. The summed E-state index contributed by atoms with van der Waals surface area (Å²) in [7, 11) is 1.86. The quantitative estimate of drug-likeness (QED) is 0.709. The Kier molecular flexibility index (Phi) is 3.21. The highest BCUT2D eigenvalue weighted by atomic mass is 16.4. The van der Waals surface area contributed by atoms with Crippen LogP contribution in [0.2, 0.25) is 0 Å². The number of nitrogens with zero attached hydrogens (tertiary/aromatic N) is 3. The lowest BCUT2D eigenvalue weighted by atomic mass is 10.2. The fraction of sp³-hybridized carbons (Fsp3) is 0.600. The number of piperazine rings is 1. The summed E-state index contributed by atoms with van der Waals surface area (Å²) in [4.78, 5) is 13.0. The van der Waals surface area contributed by atoms with E-state index in [1.54, 1.807) is 4.68 Å². The van der Waals surface area contributed by atoms with Gasteiger partial charge in [0.05, 0.1) is 5.69 Å². The predicted octanol–water partition coefficient (Wildman–Crippen LogP) is -0.721. The fourth-order valence-corrected chi connectivity index (χ4v) is 1.93. The molecule has 1 aromatic heterocycles. The highest BCUT2D eigenvalue weighted by molar-refractivity contribution is 5.73. The van der Waals surface area contributed by atoms with E-state index in [0.717, 1.165) is 18.8 Å². The van der Waals surface area contributed by atoms with Gasteiger partial charge in [0, 0.05) is 39.4 Å². The lowest BCUT2D eigenvalue weighted by molar-refractivity contribution is -0.144. The zero-order valence-electron chi connectivity index (χ0n) is 9.26. The summed E-state index contributed by atoms with van der Waals surface area (Å²) >= 11 is 0. The number of carboxylic acid groups (broad SMARTS) is 1. The molecule has 2 N–H and O–H groups in total. The van der Waals surface area contributed by atoms with E-state index in [0.29, 0.717) is 13.1 Å². The molecular formula is C10H16N4O2. The summed E-state index contributed by atoms with van der Waals surface area (Å²) in [5.74, 6) is -0.775. The maximum atomic E-state index is 11.1. The third kappa shape index (κ3) is 2.40. The topological polar surface area (TPSA) is 70.4 Å². The molecule has 1 aromatic rings. The molecule has 0 bridgehead atoms. The molecule has 1 aliphatic heterocycles. The van der Waals surface area contributed by atoms with Crippen molar-refractivity contribution in [1.29, 1.82) is 0 Å². The summed E-state index contributed by atoms with van der Waals surface area (Å²) in [5, 5.41) is 16.4. The van der Waals surface area contributed by atoms with Crippen LogP contribution in [0.3, 0.4) is 0 Å². The van der Waals surface area contributed by atoms with Crippen LogP contribution in [0.1, 0.15) is 5.69 Å². The molecule has 0 radical (unpaired) electrons. The van der Waals surface area contributed by atoms with Crippen molar-refractivity contribution in [1.82, 2.24) is 20.0 Å². The Morgan fingerprint density at radius 3 is 3.19 bits per heavy atom. The van der Waals surface area contributed by atoms with Gasteiger partial charge in [-0.1, -0.05) is 0 Å². The molecule has 88 valence electrons. The zero-order valence-corrected chi connectivity index (χ0v) is 9.26. The van der Waals surface area contributed by atoms with Gasteiger partial charge in [0.2, 0.25) is 0 Å². The van der Waals surface area contributed by atoms with Crippen molar-refractivity contribution < 1.29 is 9.90 Å². The Balaban J connectivity index is 2.03. The second kappa shape index (κ2) is 4.63. The molecule has 6 nitrogen and oxygen atoms in total. The number of hydrogen-bond donors (Lipinski definition) is 2. The first-order valence-corrected chi connectivity index (χ1v) is 5.33. The van der Waals surface area contributed by atoms with Crippen LogP contribution in [0.4, 0.5) is 0 Å². The maximum absolute atomic E-state index is 11.1. The van der Waals surface area contributed by atoms with Crippen molar-refractivity contribution in [3.05, 3.63) is 18.0 Å². The minimum atomic E-state index is -0.775. The largest absolute Gasteiger partial charge is 0.480 e. The van der Waals surface area contributed by atoms with Crippen LogP contribution in [0.15, 0.2) is 12.3 Å². The predicted molar refractivity (Wildman–Crippen MR) is 57.9 cm³/mol. The van der Waals surface area contributed by atoms with E-state index in [-0.39, 0.29) is 0 Å². The molecule has 2 heterocycles. The number of hydrogen-bond acceptors (Lipinski definition) is 4. The Labute approximate surface area is 93.9 Å². The SMILES string of the molecule is Cn1ccc(CN2CCNCC2C(=O)O)n1. The van der Waals surface area contributed by atoms with Crippen molar-refractivity contribution in [3.8, 4) is 0 Å². The van der Waals surface area contributed by atoms with Crippen LogP contribution in [-0.2, 0) is 18.4 Å². The van der Waals surface area contributed by atoms with Gasteiger partial charge >= 0.3 is 5.97 Å². The van der Waals surface area contributed by atoms with Crippen LogP contribution < -0.4 is 5.32 Å². The van der Waals surface area contributed by atoms with Crippen LogP contribution >= 0.6 is 0 Å². The lowest BCUT2D eigenvalue weighted by Gasteiger charge is -2.32. The third-order valence-electron chi connectivity index (χ3n) is 2.77. The Morgan fingerprint density at radius 2 is 2.56 bits per heavy atom. The maximum Gasteiger partial charge on any atom is 0.322 e. The van der Waals surface area contributed by atoms with Crippen molar-refractivity contribution in [2.75, 3.05) is 19.6 Å². The van der Waals surface area contributed by atoms with Gasteiger partial charge in [-0.15, -0.1) is 0 Å². The average molecular weight is 224 g/mol. The second-order valence-corrected chi connectivity index (χ2v) is 4.01. The van der Waals surface area contributed by atoms with Gasteiger partial charge < -0.3 is 10.4 Å². The van der Waals surface area contributed by atoms with Crippen molar-refractivity contribution in [2.45, 2.75) is 12.6 Å². The number of aryl methyl sites for hydroxylation is 1. The third-order valence-corrected chi connectivity index (χ3v) is 2.77. The Morgan fingerprint density at radius 1 is 1.75 bits per heavy atom. The zero-order chi connectivity index (χ0) is 11.5. The first kappa shape index (κ1) is 11.1. The minimum Gasteiger partial charge on any atom is -0.480 e. The molecule has 0 aliphatic carbocycles. The molecule has 0 saturated carbocycles. The smallest absolute Gasteiger partial charge is 0.322 e. The number of rotatable bonds is 3. The first-order chi connectivity index (χ1) is 7.66. The molecule has 1 atom stereocenters. The van der Waals surface area contributed by atoms with E-state index in [1.807, 2.05) is 24.2 Å². The summed E-state index contributed by atoms with van der Waals surface area (Å²) in [5.41, 5.74) is 0.913. The molecule has 1 unspecified atom stereocenters. The normalized spacial score (nSPS) is 22.2. The van der Waals surface area contributed by atoms with E-state index >= 15 is 0 Å². The first-order valence-electron chi connectivity index (χ1n) is 5.33. The molecule has 1 saturated heterocycles. The molecule has 1 aliphatic rings. The van der Waals surface area contributed by atoms with Crippen molar-refractivity contribution in [2.24, 2.45) is 7.05 Å². The van der Waals surface area contributed by atoms with Crippen LogP contribution in [0.5, 0.6) is 0 Å². The molecular weight excluding hydrogens is 208 g/mol. The second-order valence-electron chi connectivity index (χ2n) is 4.01. The summed E-state index contributed by atoms with van der Waals surface area (Å²) in [6, 6.07) is 1.47. The molecule has 1 fully saturated rings. The number of aliphatic carboxylic acids is 1. The van der Waals surface area contributed by atoms with Crippen molar-refractivity contribution >= 4 is 5.97 Å².